The molecule has 0 saturated carbocycles. The number of carbonyl (C=O) groups is 1. The van der Waals surface area contributed by atoms with Gasteiger partial charge in [-0.1, -0.05) is 0 Å². The predicted molar refractivity (Wildman–Crippen MR) is 103 cm³/mol. The largest absolute Gasteiger partial charge is 0.497 e. The minimum absolute atomic E-state index is 0.0574. The molecule has 0 saturated heterocycles. The summed E-state index contributed by atoms with van der Waals surface area (Å²) < 4.78 is 12.1. The molecule has 3 rings (SSSR count). The lowest BCUT2D eigenvalue weighted by atomic mass is 10.1. The normalized spacial score (nSPS) is 12.0. The summed E-state index contributed by atoms with van der Waals surface area (Å²) in [5.74, 6) is 2.02. The Hall–Kier alpha value is -3.36. The van der Waals surface area contributed by atoms with Crippen molar-refractivity contribution in [1.29, 1.82) is 0 Å². The van der Waals surface area contributed by atoms with E-state index in [9.17, 15) is 9.59 Å². The fraction of sp³-hybridized carbons (Fsp3) is 0.368. The van der Waals surface area contributed by atoms with Crippen LogP contribution in [0.2, 0.25) is 0 Å². The number of benzene rings is 1. The average Bonchev–Trinajstić information content (AvgIpc) is 3.04. The SMILES string of the molecule is COc1ccc(OC[C@H](C)NC(=O)Cc2c(C)nc3[nH]nc(C)n3c2=O)cc1. The van der Waals surface area contributed by atoms with Crippen molar-refractivity contribution in [3.8, 4) is 11.5 Å². The third kappa shape index (κ3) is 4.13. The smallest absolute Gasteiger partial charge is 0.264 e. The molecule has 1 amide bonds. The molecule has 2 heterocycles. The minimum Gasteiger partial charge on any atom is -0.497 e. The summed E-state index contributed by atoms with van der Waals surface area (Å²) in [5.41, 5.74) is 0.569. The number of nitrogens with one attached hydrogen (secondary N) is 2. The highest BCUT2D eigenvalue weighted by Gasteiger charge is 2.17. The average molecular weight is 385 g/mol. The molecule has 0 aliphatic heterocycles. The summed E-state index contributed by atoms with van der Waals surface area (Å²) in [6.45, 7) is 5.54. The number of fused-ring (bicyclic) bond motifs is 1. The number of methoxy groups -OCH3 is 1. The molecule has 0 unspecified atom stereocenters. The van der Waals surface area contributed by atoms with Gasteiger partial charge in [-0.15, -0.1) is 0 Å². The van der Waals surface area contributed by atoms with Gasteiger partial charge in [0.05, 0.1) is 25.3 Å². The van der Waals surface area contributed by atoms with Crippen molar-refractivity contribution in [2.45, 2.75) is 33.2 Å². The molecular weight excluding hydrogens is 362 g/mol. The van der Waals surface area contributed by atoms with E-state index in [0.29, 0.717) is 35.2 Å². The predicted octanol–water partition coefficient (Wildman–Crippen LogP) is 1.17. The maximum Gasteiger partial charge on any atom is 0.264 e. The monoisotopic (exact) mass is 385 g/mol. The number of H-pyrrole nitrogens is 1. The highest BCUT2D eigenvalue weighted by atomic mass is 16.5. The molecule has 1 aromatic carbocycles. The molecule has 0 radical (unpaired) electrons. The van der Waals surface area contributed by atoms with Crippen LogP contribution in [0.25, 0.3) is 5.78 Å². The number of amides is 1. The van der Waals surface area contributed by atoms with Crippen molar-refractivity contribution >= 4 is 11.7 Å². The van der Waals surface area contributed by atoms with E-state index in [-0.39, 0.29) is 23.9 Å². The molecule has 0 bridgehead atoms. The molecule has 0 aliphatic rings. The zero-order valence-electron chi connectivity index (χ0n) is 16.3. The Balaban J connectivity index is 1.61. The number of aromatic amines is 1. The first-order valence-corrected chi connectivity index (χ1v) is 8.88. The second-order valence-corrected chi connectivity index (χ2v) is 6.54. The van der Waals surface area contributed by atoms with Crippen LogP contribution in [0.3, 0.4) is 0 Å². The van der Waals surface area contributed by atoms with Crippen molar-refractivity contribution < 1.29 is 14.3 Å². The molecule has 28 heavy (non-hydrogen) atoms. The van der Waals surface area contributed by atoms with Crippen molar-refractivity contribution in [2.24, 2.45) is 0 Å². The Bertz CT molecular complexity index is 1040. The van der Waals surface area contributed by atoms with Crippen LogP contribution >= 0.6 is 0 Å². The van der Waals surface area contributed by atoms with E-state index in [1.165, 1.54) is 4.40 Å². The molecule has 3 aromatic rings. The Morgan fingerprint density at radius 3 is 2.61 bits per heavy atom. The van der Waals surface area contributed by atoms with Crippen LogP contribution in [0.5, 0.6) is 11.5 Å². The van der Waals surface area contributed by atoms with Gasteiger partial charge in [0, 0.05) is 5.56 Å². The van der Waals surface area contributed by atoms with Gasteiger partial charge in [0.2, 0.25) is 11.7 Å². The quantitative estimate of drug-likeness (QED) is 0.632. The second kappa shape index (κ2) is 8.12. The van der Waals surface area contributed by atoms with Crippen LogP contribution in [0.4, 0.5) is 0 Å². The maximum atomic E-state index is 12.7. The van der Waals surface area contributed by atoms with Gasteiger partial charge in [0.25, 0.3) is 5.56 Å². The van der Waals surface area contributed by atoms with E-state index in [1.807, 2.05) is 6.92 Å². The molecule has 2 N–H and O–H groups in total. The van der Waals surface area contributed by atoms with Gasteiger partial charge in [0.15, 0.2) is 0 Å². The number of hydrogen-bond acceptors (Lipinski definition) is 6. The summed E-state index contributed by atoms with van der Waals surface area (Å²) >= 11 is 0. The molecule has 0 fully saturated rings. The lowest BCUT2D eigenvalue weighted by Crippen LogP contribution is -2.39. The van der Waals surface area contributed by atoms with Crippen LogP contribution in [0.1, 0.15) is 24.0 Å². The first-order valence-electron chi connectivity index (χ1n) is 8.88. The lowest BCUT2D eigenvalue weighted by molar-refractivity contribution is -0.121. The lowest BCUT2D eigenvalue weighted by Gasteiger charge is -2.15. The highest BCUT2D eigenvalue weighted by molar-refractivity contribution is 5.79. The van der Waals surface area contributed by atoms with E-state index in [0.717, 1.165) is 5.75 Å². The number of aromatic nitrogens is 4. The van der Waals surface area contributed by atoms with Crippen LogP contribution in [0, 0.1) is 13.8 Å². The summed E-state index contributed by atoms with van der Waals surface area (Å²) in [7, 11) is 1.60. The van der Waals surface area contributed by atoms with Crippen molar-refractivity contribution in [3.63, 3.8) is 0 Å². The van der Waals surface area contributed by atoms with Gasteiger partial charge < -0.3 is 14.8 Å². The van der Waals surface area contributed by atoms with Gasteiger partial charge in [-0.25, -0.2) is 14.5 Å². The van der Waals surface area contributed by atoms with Gasteiger partial charge >= 0.3 is 0 Å². The molecule has 9 nitrogen and oxygen atoms in total. The van der Waals surface area contributed by atoms with E-state index in [4.69, 9.17) is 9.47 Å². The molecule has 2 aromatic heterocycles. The third-order valence-corrected chi connectivity index (χ3v) is 4.33. The fourth-order valence-corrected chi connectivity index (χ4v) is 2.84. The van der Waals surface area contributed by atoms with Crippen LogP contribution in [0.15, 0.2) is 29.1 Å². The molecule has 0 aliphatic carbocycles. The number of nitrogens with zero attached hydrogens (tertiary/aromatic N) is 3. The maximum absolute atomic E-state index is 12.7. The highest BCUT2D eigenvalue weighted by Crippen LogP contribution is 2.17. The number of carbonyl (C=O) groups excluding carboxylic acids is 1. The fourth-order valence-electron chi connectivity index (χ4n) is 2.84. The Labute approximate surface area is 161 Å². The zero-order valence-corrected chi connectivity index (χ0v) is 16.3. The van der Waals surface area contributed by atoms with Crippen LogP contribution < -0.4 is 20.3 Å². The number of hydrogen-bond donors (Lipinski definition) is 2. The van der Waals surface area contributed by atoms with Gasteiger partial charge in [-0.05, 0) is 45.0 Å². The van der Waals surface area contributed by atoms with Gasteiger partial charge in [-0.3, -0.25) is 9.59 Å². The summed E-state index contributed by atoms with van der Waals surface area (Å²) in [4.78, 5) is 29.4. The Kier molecular flexibility index (Phi) is 5.62. The zero-order chi connectivity index (χ0) is 20.3. The Morgan fingerprint density at radius 2 is 1.93 bits per heavy atom. The van der Waals surface area contributed by atoms with Crippen molar-refractivity contribution in [2.75, 3.05) is 13.7 Å². The molecule has 0 spiro atoms. The van der Waals surface area contributed by atoms with Crippen molar-refractivity contribution in [1.82, 2.24) is 24.9 Å². The van der Waals surface area contributed by atoms with E-state index >= 15 is 0 Å². The Morgan fingerprint density at radius 1 is 1.25 bits per heavy atom. The first-order chi connectivity index (χ1) is 13.4. The minimum atomic E-state index is -0.286. The van der Waals surface area contributed by atoms with Gasteiger partial charge in [0.1, 0.15) is 23.9 Å². The van der Waals surface area contributed by atoms with Crippen LogP contribution in [-0.4, -0.2) is 45.2 Å². The van der Waals surface area contributed by atoms with Gasteiger partial charge in [-0.2, -0.15) is 5.10 Å². The second-order valence-electron chi connectivity index (χ2n) is 6.54. The standard InChI is InChI=1S/C19H23N5O4/c1-11(10-28-15-7-5-14(27-4)6-8-15)20-17(25)9-16-12(2)21-19-23-22-13(3)24(19)18(16)26/h5-8,11H,9-10H2,1-4H3,(H,20,25)(H,21,23)/t11-/m0/s1. The summed E-state index contributed by atoms with van der Waals surface area (Å²) in [5, 5.41) is 9.52. The molecule has 9 heteroatoms. The topological polar surface area (TPSA) is 111 Å². The molecular formula is C19H23N5O4. The molecule has 1 atom stereocenters. The number of ether oxygens (including phenoxy) is 2. The van der Waals surface area contributed by atoms with Crippen LogP contribution in [-0.2, 0) is 11.2 Å². The van der Waals surface area contributed by atoms with Crippen molar-refractivity contribution in [3.05, 3.63) is 51.7 Å². The van der Waals surface area contributed by atoms with E-state index in [1.54, 1.807) is 45.2 Å². The van der Waals surface area contributed by atoms with E-state index in [2.05, 4.69) is 20.5 Å². The molecule has 148 valence electrons. The van der Waals surface area contributed by atoms with E-state index < -0.39 is 0 Å². The summed E-state index contributed by atoms with van der Waals surface area (Å²) in [6, 6.07) is 6.97. The summed E-state index contributed by atoms with van der Waals surface area (Å²) in [6.07, 6.45) is -0.0574. The number of aryl methyl sites for hydroxylation is 2. The third-order valence-electron chi connectivity index (χ3n) is 4.33. The number of rotatable bonds is 7. The first kappa shape index (κ1) is 19.4.